The van der Waals surface area contributed by atoms with Gasteiger partial charge in [-0.1, -0.05) is 0 Å². The van der Waals surface area contributed by atoms with Gasteiger partial charge in [-0.05, 0) is 32.4 Å². The summed E-state index contributed by atoms with van der Waals surface area (Å²) in [5.41, 5.74) is 0. The Hall–Kier alpha value is -0.200. The summed E-state index contributed by atoms with van der Waals surface area (Å²) < 4.78 is 0. The Bertz CT molecular complexity index is 211. The second-order valence-corrected chi connectivity index (χ2v) is 5.30. The topological polar surface area (TPSA) is 33.8 Å². The highest BCUT2D eigenvalue weighted by Crippen LogP contribution is 2.22. The van der Waals surface area contributed by atoms with Crippen molar-refractivity contribution in [2.45, 2.75) is 25.3 Å². The minimum absolute atomic E-state index is 0.772. The molecule has 98 valence electrons. The van der Waals surface area contributed by atoms with Crippen molar-refractivity contribution in [2.24, 2.45) is 0 Å². The van der Waals surface area contributed by atoms with E-state index < -0.39 is 0 Å². The van der Waals surface area contributed by atoms with Gasteiger partial charge in [0.1, 0.15) is 0 Å². The lowest BCUT2D eigenvalue weighted by molar-refractivity contribution is -0.180. The Kier molecular flexibility index (Phi) is 3.93. The molecule has 0 amide bonds. The van der Waals surface area contributed by atoms with Gasteiger partial charge in [0.2, 0.25) is 0 Å². The molecule has 3 fully saturated rings. The van der Waals surface area contributed by atoms with E-state index in [-0.39, 0.29) is 0 Å². The predicted octanol–water partition coefficient (Wildman–Crippen LogP) is -0.519. The van der Waals surface area contributed by atoms with Crippen molar-refractivity contribution in [1.82, 2.24) is 25.8 Å². The lowest BCUT2D eigenvalue weighted by Gasteiger charge is -2.44. The van der Waals surface area contributed by atoms with Gasteiger partial charge in [0.05, 0.1) is 0 Å². The lowest BCUT2D eigenvalue weighted by Crippen LogP contribution is -2.59. The van der Waals surface area contributed by atoms with E-state index >= 15 is 0 Å². The number of rotatable bonds is 2. The molecule has 0 aromatic rings. The van der Waals surface area contributed by atoms with Gasteiger partial charge < -0.3 is 10.6 Å². The third kappa shape index (κ3) is 2.63. The van der Waals surface area contributed by atoms with Crippen LogP contribution in [0.3, 0.4) is 0 Å². The smallest absolute Gasteiger partial charge is 0.0305 e. The van der Waals surface area contributed by atoms with E-state index in [9.17, 15) is 0 Å². The maximum Gasteiger partial charge on any atom is 0.0305 e. The van der Waals surface area contributed by atoms with Crippen LogP contribution >= 0.6 is 0 Å². The molecule has 3 rings (SSSR count). The molecular weight excluding hydrogens is 214 g/mol. The Balaban J connectivity index is 1.61. The van der Waals surface area contributed by atoms with E-state index in [2.05, 4.69) is 25.8 Å². The molecule has 5 heteroatoms. The average molecular weight is 239 g/mol. The van der Waals surface area contributed by atoms with Gasteiger partial charge in [0.25, 0.3) is 0 Å². The summed E-state index contributed by atoms with van der Waals surface area (Å²) >= 11 is 0. The first kappa shape index (κ1) is 11.9. The molecule has 3 heterocycles. The first-order chi connectivity index (χ1) is 8.45. The molecule has 0 aromatic carbocycles. The zero-order valence-corrected chi connectivity index (χ0v) is 10.7. The van der Waals surface area contributed by atoms with Crippen molar-refractivity contribution in [3.8, 4) is 0 Å². The lowest BCUT2D eigenvalue weighted by atomic mass is 10.1. The summed E-state index contributed by atoms with van der Waals surface area (Å²) in [5, 5.41) is 14.6. The van der Waals surface area contributed by atoms with Crippen LogP contribution in [-0.4, -0.2) is 73.5 Å². The Morgan fingerprint density at radius 3 is 2.24 bits per heavy atom. The molecule has 17 heavy (non-hydrogen) atoms. The van der Waals surface area contributed by atoms with Crippen LogP contribution in [0.25, 0.3) is 0 Å². The molecule has 3 saturated heterocycles. The van der Waals surface area contributed by atoms with Crippen molar-refractivity contribution in [2.75, 3.05) is 52.4 Å². The Morgan fingerprint density at radius 2 is 1.47 bits per heavy atom. The maximum absolute atomic E-state index is 3.46. The molecule has 3 aliphatic rings. The molecule has 3 aliphatic heterocycles. The van der Waals surface area contributed by atoms with Gasteiger partial charge in [0, 0.05) is 45.3 Å². The summed E-state index contributed by atoms with van der Waals surface area (Å²) in [6.07, 6.45) is 3.94. The average Bonchev–Trinajstić information content (AvgIpc) is 2.90. The summed E-state index contributed by atoms with van der Waals surface area (Å²) in [7, 11) is 0. The van der Waals surface area contributed by atoms with Crippen LogP contribution in [0.4, 0.5) is 0 Å². The van der Waals surface area contributed by atoms with Gasteiger partial charge in [-0.15, -0.1) is 0 Å². The molecule has 0 aromatic heterocycles. The first-order valence-corrected chi connectivity index (χ1v) is 7.15. The maximum atomic E-state index is 3.46. The minimum Gasteiger partial charge on any atom is -0.317 e. The standard InChI is InChI=1S/C12H25N5/c1-8-16(12-2-4-13-5-3-12)17(9-1)15-10-6-14-7-11-15/h12-14H,1-11H2. The van der Waals surface area contributed by atoms with Crippen molar-refractivity contribution in [1.29, 1.82) is 0 Å². The normalized spacial score (nSPS) is 31.1. The number of nitrogens with zero attached hydrogens (tertiary/aromatic N) is 3. The molecule has 5 nitrogen and oxygen atoms in total. The molecule has 0 atom stereocenters. The molecular formula is C12H25N5. The van der Waals surface area contributed by atoms with Gasteiger partial charge in [-0.2, -0.15) is 5.12 Å². The molecule has 0 bridgehead atoms. The van der Waals surface area contributed by atoms with Crippen LogP contribution in [-0.2, 0) is 0 Å². The second-order valence-electron chi connectivity index (χ2n) is 5.30. The number of nitrogens with one attached hydrogen (secondary N) is 2. The van der Waals surface area contributed by atoms with E-state index in [0.717, 1.165) is 19.1 Å². The molecule has 2 N–H and O–H groups in total. The van der Waals surface area contributed by atoms with Crippen LogP contribution in [0.15, 0.2) is 0 Å². The monoisotopic (exact) mass is 239 g/mol. The molecule has 0 aliphatic carbocycles. The largest absolute Gasteiger partial charge is 0.317 e. The summed E-state index contributed by atoms with van der Waals surface area (Å²) in [6, 6.07) is 0.772. The van der Waals surface area contributed by atoms with E-state index in [1.807, 2.05) is 0 Å². The van der Waals surface area contributed by atoms with Crippen LogP contribution < -0.4 is 10.6 Å². The number of piperazine rings is 1. The number of hydrogen-bond acceptors (Lipinski definition) is 5. The fraction of sp³-hybridized carbons (Fsp3) is 1.00. The predicted molar refractivity (Wildman–Crippen MR) is 68.4 cm³/mol. The summed E-state index contributed by atoms with van der Waals surface area (Å²) in [4.78, 5) is 0. The molecule has 0 saturated carbocycles. The molecule has 0 spiro atoms. The Morgan fingerprint density at radius 1 is 0.765 bits per heavy atom. The van der Waals surface area contributed by atoms with Gasteiger partial charge in [-0.25, -0.2) is 10.0 Å². The quantitative estimate of drug-likeness (QED) is 0.678. The van der Waals surface area contributed by atoms with Crippen LogP contribution in [0.1, 0.15) is 19.3 Å². The highest BCUT2D eigenvalue weighted by molar-refractivity contribution is 4.80. The van der Waals surface area contributed by atoms with Gasteiger partial charge >= 0.3 is 0 Å². The number of hydrogen-bond donors (Lipinski definition) is 2. The fourth-order valence-electron chi connectivity index (χ4n) is 3.28. The highest BCUT2D eigenvalue weighted by atomic mass is 15.9. The highest BCUT2D eigenvalue weighted by Gasteiger charge is 2.33. The van der Waals surface area contributed by atoms with Crippen LogP contribution in [0, 0.1) is 0 Å². The van der Waals surface area contributed by atoms with Crippen molar-refractivity contribution < 1.29 is 0 Å². The zero-order valence-electron chi connectivity index (χ0n) is 10.7. The fourth-order valence-corrected chi connectivity index (χ4v) is 3.28. The van der Waals surface area contributed by atoms with E-state index in [4.69, 9.17) is 0 Å². The van der Waals surface area contributed by atoms with Crippen LogP contribution in [0.2, 0.25) is 0 Å². The zero-order chi connectivity index (χ0) is 11.5. The third-order valence-corrected chi connectivity index (χ3v) is 4.19. The van der Waals surface area contributed by atoms with Gasteiger partial charge in [-0.3, -0.25) is 0 Å². The van der Waals surface area contributed by atoms with E-state index in [0.29, 0.717) is 0 Å². The van der Waals surface area contributed by atoms with Crippen molar-refractivity contribution in [3.63, 3.8) is 0 Å². The SMILES string of the molecule is C1CN(C2CCNCC2)N(N2CCNCC2)C1. The van der Waals surface area contributed by atoms with Crippen molar-refractivity contribution >= 4 is 0 Å². The second kappa shape index (κ2) is 5.63. The number of hydrazine groups is 2. The van der Waals surface area contributed by atoms with Crippen LogP contribution in [0.5, 0.6) is 0 Å². The molecule has 0 radical (unpaired) electrons. The molecule has 0 unspecified atom stereocenters. The van der Waals surface area contributed by atoms with E-state index in [1.54, 1.807) is 0 Å². The van der Waals surface area contributed by atoms with E-state index in [1.165, 1.54) is 58.5 Å². The summed E-state index contributed by atoms with van der Waals surface area (Å²) in [6.45, 7) is 9.47. The number of piperidine rings is 1. The third-order valence-electron chi connectivity index (χ3n) is 4.19. The summed E-state index contributed by atoms with van der Waals surface area (Å²) in [5.74, 6) is 0. The van der Waals surface area contributed by atoms with Gasteiger partial charge in [0.15, 0.2) is 0 Å². The minimum atomic E-state index is 0.772. The van der Waals surface area contributed by atoms with Crippen molar-refractivity contribution in [3.05, 3.63) is 0 Å². The first-order valence-electron chi connectivity index (χ1n) is 7.15. The Labute approximate surface area is 104 Å².